The Labute approximate surface area is 129 Å². The summed E-state index contributed by atoms with van der Waals surface area (Å²) in [6, 6.07) is 5.34. The Morgan fingerprint density at radius 1 is 1.13 bits per heavy atom. The molecule has 0 spiro atoms. The first-order valence-corrected chi connectivity index (χ1v) is 6.81. The number of aromatic nitrogens is 2. The van der Waals surface area contributed by atoms with E-state index in [4.69, 9.17) is 0 Å². The molecule has 1 amide bonds. The van der Waals surface area contributed by atoms with Gasteiger partial charge in [0, 0.05) is 12.4 Å². The molecule has 7 heteroatoms. The Morgan fingerprint density at radius 2 is 1.91 bits per heavy atom. The summed E-state index contributed by atoms with van der Waals surface area (Å²) in [5.41, 5.74) is 1.77. The fourth-order valence-corrected chi connectivity index (χ4v) is 2.21. The summed E-state index contributed by atoms with van der Waals surface area (Å²) in [6.07, 6.45) is 3.60. The molecule has 1 N–H and O–H groups in total. The maximum Gasteiger partial charge on any atom is 0.254 e. The number of benzene rings is 1. The number of aryl methyl sites for hydroxylation is 1. The molecule has 0 aliphatic carbocycles. The van der Waals surface area contributed by atoms with Gasteiger partial charge >= 0.3 is 0 Å². The summed E-state index contributed by atoms with van der Waals surface area (Å²) in [7, 11) is 0. The zero-order valence-electron chi connectivity index (χ0n) is 12.1. The predicted octanol–water partition coefficient (Wildman–Crippen LogP) is 2.99. The average Bonchev–Trinajstić information content (AvgIpc) is 2.92. The highest BCUT2D eigenvalue weighted by Gasteiger charge is 2.18. The highest BCUT2D eigenvalue weighted by Crippen LogP contribution is 2.15. The van der Waals surface area contributed by atoms with Crippen molar-refractivity contribution in [2.24, 2.45) is 0 Å². The van der Waals surface area contributed by atoms with Crippen LogP contribution in [0.3, 0.4) is 0 Å². The minimum Gasteiger partial charge on any atom is -0.346 e. The average molecular weight is 319 g/mol. The minimum absolute atomic E-state index is 0.0397. The summed E-state index contributed by atoms with van der Waals surface area (Å²) in [5.74, 6) is -5.35. The van der Waals surface area contributed by atoms with Crippen LogP contribution in [-0.2, 0) is 6.54 Å². The third kappa shape index (κ3) is 2.90. The van der Waals surface area contributed by atoms with Crippen LogP contribution in [0.2, 0.25) is 0 Å². The fourth-order valence-electron chi connectivity index (χ4n) is 2.21. The molecule has 0 saturated carbocycles. The van der Waals surface area contributed by atoms with Gasteiger partial charge in [-0.05, 0) is 30.7 Å². The Balaban J connectivity index is 1.77. The van der Waals surface area contributed by atoms with Crippen LogP contribution in [-0.4, -0.2) is 15.3 Å². The Hall–Kier alpha value is -2.83. The number of fused-ring (bicyclic) bond motifs is 1. The summed E-state index contributed by atoms with van der Waals surface area (Å²) < 4.78 is 41.4. The normalized spacial score (nSPS) is 11.0. The van der Waals surface area contributed by atoms with Gasteiger partial charge in [0.25, 0.3) is 5.91 Å². The number of hydrogen-bond donors (Lipinski definition) is 1. The lowest BCUT2D eigenvalue weighted by atomic mass is 10.2. The van der Waals surface area contributed by atoms with Gasteiger partial charge in [0.05, 0.1) is 17.8 Å². The quantitative estimate of drug-likeness (QED) is 0.755. The maximum atomic E-state index is 13.6. The number of pyridine rings is 1. The lowest BCUT2D eigenvalue weighted by Gasteiger charge is -2.05. The topological polar surface area (TPSA) is 46.4 Å². The highest BCUT2D eigenvalue weighted by molar-refractivity contribution is 5.94. The zero-order valence-corrected chi connectivity index (χ0v) is 12.1. The predicted molar refractivity (Wildman–Crippen MR) is 77.4 cm³/mol. The van der Waals surface area contributed by atoms with Crippen LogP contribution in [0.4, 0.5) is 13.2 Å². The van der Waals surface area contributed by atoms with Gasteiger partial charge in [-0.25, -0.2) is 18.2 Å². The monoisotopic (exact) mass is 319 g/mol. The number of hydrogen-bond acceptors (Lipinski definition) is 2. The number of nitrogens with one attached hydrogen (secondary N) is 1. The summed E-state index contributed by atoms with van der Waals surface area (Å²) in [4.78, 5) is 16.2. The van der Waals surface area contributed by atoms with Gasteiger partial charge < -0.3 is 9.72 Å². The largest absolute Gasteiger partial charge is 0.346 e. The summed E-state index contributed by atoms with van der Waals surface area (Å²) >= 11 is 0. The second-order valence-electron chi connectivity index (χ2n) is 5.11. The van der Waals surface area contributed by atoms with Crippen LogP contribution < -0.4 is 5.32 Å². The van der Waals surface area contributed by atoms with Crippen molar-refractivity contribution in [3.05, 3.63) is 70.9 Å². The van der Waals surface area contributed by atoms with E-state index in [0.29, 0.717) is 17.4 Å². The third-order valence-electron chi connectivity index (χ3n) is 3.36. The molecule has 3 rings (SSSR count). The molecule has 2 heterocycles. The van der Waals surface area contributed by atoms with E-state index in [1.54, 1.807) is 10.6 Å². The van der Waals surface area contributed by atoms with Gasteiger partial charge in [0.2, 0.25) is 0 Å². The minimum atomic E-state index is -1.67. The van der Waals surface area contributed by atoms with Crippen molar-refractivity contribution < 1.29 is 18.0 Å². The van der Waals surface area contributed by atoms with Gasteiger partial charge in [-0.2, -0.15) is 0 Å². The maximum absolute atomic E-state index is 13.6. The molecule has 0 radical (unpaired) electrons. The van der Waals surface area contributed by atoms with Gasteiger partial charge in [-0.1, -0.05) is 6.07 Å². The second kappa shape index (κ2) is 5.75. The van der Waals surface area contributed by atoms with Crippen molar-refractivity contribution in [3.8, 4) is 0 Å². The first-order chi connectivity index (χ1) is 11.0. The molecular formula is C16H12F3N3O. The Bertz CT molecular complexity index is 905. The summed E-state index contributed by atoms with van der Waals surface area (Å²) in [6.45, 7) is 1.98. The molecule has 2 aromatic heterocycles. The molecular weight excluding hydrogens is 307 g/mol. The number of halogens is 3. The third-order valence-corrected chi connectivity index (χ3v) is 3.36. The van der Waals surface area contributed by atoms with Crippen molar-refractivity contribution in [3.63, 3.8) is 0 Å². The van der Waals surface area contributed by atoms with Crippen LogP contribution in [0, 0.1) is 24.4 Å². The summed E-state index contributed by atoms with van der Waals surface area (Å²) in [5, 5.41) is 2.43. The van der Waals surface area contributed by atoms with Gasteiger partial charge in [0.1, 0.15) is 5.65 Å². The van der Waals surface area contributed by atoms with E-state index in [1.165, 1.54) is 0 Å². The van der Waals surface area contributed by atoms with E-state index in [1.807, 2.05) is 25.3 Å². The van der Waals surface area contributed by atoms with Crippen LogP contribution in [0.1, 0.15) is 21.6 Å². The molecule has 0 bridgehead atoms. The molecule has 0 atom stereocenters. The van der Waals surface area contributed by atoms with E-state index >= 15 is 0 Å². The van der Waals surface area contributed by atoms with Crippen LogP contribution in [0.5, 0.6) is 0 Å². The van der Waals surface area contributed by atoms with Crippen LogP contribution >= 0.6 is 0 Å². The molecule has 118 valence electrons. The lowest BCUT2D eigenvalue weighted by Crippen LogP contribution is -2.24. The lowest BCUT2D eigenvalue weighted by molar-refractivity contribution is 0.0945. The molecule has 0 aliphatic heterocycles. The van der Waals surface area contributed by atoms with Crippen molar-refractivity contribution in [2.75, 3.05) is 0 Å². The molecule has 23 heavy (non-hydrogen) atoms. The fraction of sp³-hybridized carbons (Fsp3) is 0.125. The molecule has 0 saturated heterocycles. The van der Waals surface area contributed by atoms with Gasteiger partial charge in [-0.3, -0.25) is 4.79 Å². The van der Waals surface area contributed by atoms with E-state index in [-0.39, 0.29) is 6.54 Å². The molecule has 4 nitrogen and oxygen atoms in total. The smallest absolute Gasteiger partial charge is 0.254 e. The van der Waals surface area contributed by atoms with Gasteiger partial charge in [0.15, 0.2) is 17.5 Å². The molecule has 0 aliphatic rings. The van der Waals surface area contributed by atoms with Crippen LogP contribution in [0.25, 0.3) is 5.65 Å². The molecule has 0 fully saturated rings. The van der Waals surface area contributed by atoms with Crippen molar-refractivity contribution in [1.82, 2.24) is 14.7 Å². The Kier molecular flexibility index (Phi) is 3.77. The molecule has 1 aromatic carbocycles. The number of carbonyl (C=O) groups is 1. The number of nitrogens with zero attached hydrogens (tertiary/aromatic N) is 2. The SMILES string of the molecule is Cc1ccc2nc(CNC(=O)c3ccc(F)c(F)c3F)cn2c1. The van der Waals surface area contributed by atoms with E-state index in [0.717, 1.165) is 11.6 Å². The Morgan fingerprint density at radius 3 is 2.70 bits per heavy atom. The van der Waals surface area contributed by atoms with E-state index in [2.05, 4.69) is 10.3 Å². The van der Waals surface area contributed by atoms with Crippen molar-refractivity contribution >= 4 is 11.6 Å². The van der Waals surface area contributed by atoms with Crippen molar-refractivity contribution in [1.29, 1.82) is 0 Å². The van der Waals surface area contributed by atoms with Gasteiger partial charge in [-0.15, -0.1) is 0 Å². The zero-order chi connectivity index (χ0) is 16.6. The molecule has 0 unspecified atom stereocenters. The first-order valence-electron chi connectivity index (χ1n) is 6.81. The highest BCUT2D eigenvalue weighted by atomic mass is 19.2. The number of imidazole rings is 1. The molecule has 3 aromatic rings. The number of amides is 1. The standard InChI is InChI=1S/C16H12F3N3O/c1-9-2-5-13-21-10(8-22(13)7-9)6-20-16(23)11-3-4-12(17)15(19)14(11)18/h2-5,7-8H,6H2,1H3,(H,20,23). The second-order valence-corrected chi connectivity index (χ2v) is 5.11. The van der Waals surface area contributed by atoms with Crippen molar-refractivity contribution in [2.45, 2.75) is 13.5 Å². The first kappa shape index (κ1) is 15.1. The number of carbonyl (C=O) groups excluding carboxylic acids is 1. The van der Waals surface area contributed by atoms with Crippen LogP contribution in [0.15, 0.2) is 36.7 Å². The number of rotatable bonds is 3. The van der Waals surface area contributed by atoms with E-state index < -0.39 is 28.9 Å². The van der Waals surface area contributed by atoms with E-state index in [9.17, 15) is 18.0 Å².